The van der Waals surface area contributed by atoms with Crippen molar-refractivity contribution in [3.05, 3.63) is 91.9 Å². The average molecular weight is 522 g/mol. The van der Waals surface area contributed by atoms with Crippen molar-refractivity contribution in [1.29, 1.82) is 0 Å². The number of aliphatic imine (C=N–C) groups is 1. The maximum absolute atomic E-state index is 6.27. The van der Waals surface area contributed by atoms with Gasteiger partial charge in [-0.1, -0.05) is 70.3 Å². The molecule has 162 valence electrons. The van der Waals surface area contributed by atoms with Crippen LogP contribution in [0, 0.1) is 0 Å². The number of aromatic nitrogens is 3. The normalized spacial score (nSPS) is 11.4. The predicted octanol–water partition coefficient (Wildman–Crippen LogP) is 8.14. The van der Waals surface area contributed by atoms with Gasteiger partial charge in [-0.05, 0) is 54.1 Å². The van der Waals surface area contributed by atoms with E-state index in [1.807, 2.05) is 48.0 Å². The molecule has 0 aliphatic heterocycles. The van der Waals surface area contributed by atoms with Crippen molar-refractivity contribution in [2.75, 3.05) is 0 Å². The fraction of sp³-hybridized carbons (Fsp3) is 0.0870. The Kier molecular flexibility index (Phi) is 7.44. The summed E-state index contributed by atoms with van der Waals surface area (Å²) in [5.41, 5.74) is 3.40. The van der Waals surface area contributed by atoms with Gasteiger partial charge in [-0.2, -0.15) is 0 Å². The van der Waals surface area contributed by atoms with Crippen molar-refractivity contribution in [2.45, 2.75) is 10.9 Å². The van der Waals surface area contributed by atoms with Crippen molar-refractivity contribution in [1.82, 2.24) is 14.8 Å². The lowest BCUT2D eigenvalue weighted by Crippen LogP contribution is -1.95. The standard InChI is InChI=1S/C23H16Cl4N4S/c1-31-22(29-30-23(31)32-13-15-5-8-16(24)11-21(15)27)14-6-9-17(10-7-14)28-12-18-19(25)3-2-4-20(18)26/h2-12H,13H2,1H3. The Morgan fingerprint density at radius 3 is 2.31 bits per heavy atom. The van der Waals surface area contributed by atoms with E-state index >= 15 is 0 Å². The van der Waals surface area contributed by atoms with Gasteiger partial charge in [-0.25, -0.2) is 0 Å². The highest BCUT2D eigenvalue weighted by Gasteiger charge is 2.12. The van der Waals surface area contributed by atoms with Crippen LogP contribution in [0.1, 0.15) is 11.1 Å². The lowest BCUT2D eigenvalue weighted by atomic mass is 10.2. The third-order valence-corrected chi connectivity index (χ3v) is 6.99. The van der Waals surface area contributed by atoms with E-state index in [1.54, 1.807) is 42.2 Å². The fourth-order valence-electron chi connectivity index (χ4n) is 2.94. The van der Waals surface area contributed by atoms with E-state index in [4.69, 9.17) is 46.4 Å². The first-order valence-corrected chi connectivity index (χ1v) is 12.0. The quantitative estimate of drug-likeness (QED) is 0.190. The highest BCUT2D eigenvalue weighted by molar-refractivity contribution is 7.98. The van der Waals surface area contributed by atoms with E-state index in [0.717, 1.165) is 27.8 Å². The number of benzene rings is 3. The molecule has 4 nitrogen and oxygen atoms in total. The first kappa shape index (κ1) is 23.1. The molecule has 0 atom stereocenters. The van der Waals surface area contributed by atoms with Crippen LogP contribution in [0.3, 0.4) is 0 Å². The van der Waals surface area contributed by atoms with Crippen molar-refractivity contribution in [3.8, 4) is 11.4 Å². The molecule has 0 saturated carbocycles. The highest BCUT2D eigenvalue weighted by Crippen LogP contribution is 2.30. The lowest BCUT2D eigenvalue weighted by Gasteiger charge is -2.06. The molecule has 0 amide bonds. The van der Waals surface area contributed by atoms with E-state index < -0.39 is 0 Å². The van der Waals surface area contributed by atoms with Gasteiger partial charge in [0.15, 0.2) is 11.0 Å². The van der Waals surface area contributed by atoms with E-state index in [0.29, 0.717) is 31.4 Å². The number of hydrogen-bond donors (Lipinski definition) is 0. The van der Waals surface area contributed by atoms with Gasteiger partial charge in [0.1, 0.15) is 0 Å². The summed E-state index contributed by atoms with van der Waals surface area (Å²) in [6.45, 7) is 0. The molecule has 32 heavy (non-hydrogen) atoms. The molecule has 9 heteroatoms. The summed E-state index contributed by atoms with van der Waals surface area (Å²) in [6.07, 6.45) is 1.67. The summed E-state index contributed by atoms with van der Waals surface area (Å²) < 4.78 is 1.95. The molecule has 0 saturated heterocycles. The molecule has 4 aromatic rings. The topological polar surface area (TPSA) is 43.1 Å². The van der Waals surface area contributed by atoms with Crippen molar-refractivity contribution < 1.29 is 0 Å². The summed E-state index contributed by atoms with van der Waals surface area (Å²) in [5.74, 6) is 1.43. The first-order valence-electron chi connectivity index (χ1n) is 9.47. The molecular weight excluding hydrogens is 506 g/mol. The van der Waals surface area contributed by atoms with Crippen molar-refractivity contribution in [2.24, 2.45) is 12.0 Å². The van der Waals surface area contributed by atoms with Crippen molar-refractivity contribution in [3.63, 3.8) is 0 Å². The van der Waals surface area contributed by atoms with E-state index in [2.05, 4.69) is 15.2 Å². The van der Waals surface area contributed by atoms with E-state index in [9.17, 15) is 0 Å². The van der Waals surface area contributed by atoms with Crippen LogP contribution >= 0.6 is 58.2 Å². The molecule has 4 rings (SSSR count). The minimum atomic E-state index is 0.557. The SMILES string of the molecule is Cn1c(SCc2ccc(Cl)cc2Cl)nnc1-c1ccc(N=Cc2c(Cl)cccc2Cl)cc1. The predicted molar refractivity (Wildman–Crippen MR) is 136 cm³/mol. The monoisotopic (exact) mass is 520 g/mol. The van der Waals surface area contributed by atoms with Gasteiger partial charge in [0.05, 0.1) is 15.7 Å². The van der Waals surface area contributed by atoms with Gasteiger partial charge < -0.3 is 4.57 Å². The van der Waals surface area contributed by atoms with Gasteiger partial charge in [-0.3, -0.25) is 4.99 Å². The number of rotatable bonds is 6. The summed E-state index contributed by atoms with van der Waals surface area (Å²) in [7, 11) is 1.94. The maximum atomic E-state index is 6.27. The largest absolute Gasteiger partial charge is 0.305 e. The van der Waals surface area contributed by atoms with Gasteiger partial charge in [-0.15, -0.1) is 10.2 Å². The van der Waals surface area contributed by atoms with Crippen LogP contribution in [0.2, 0.25) is 20.1 Å². The number of hydrogen-bond acceptors (Lipinski definition) is 4. The van der Waals surface area contributed by atoms with E-state index in [-0.39, 0.29) is 0 Å². The second-order valence-corrected chi connectivity index (χ2v) is 9.43. The van der Waals surface area contributed by atoms with Crippen LogP contribution in [-0.4, -0.2) is 21.0 Å². The molecule has 3 aromatic carbocycles. The highest BCUT2D eigenvalue weighted by atomic mass is 35.5. The molecule has 0 unspecified atom stereocenters. The Labute approximate surface area is 210 Å². The molecule has 1 heterocycles. The third-order valence-electron chi connectivity index (χ3n) is 4.67. The van der Waals surface area contributed by atoms with Crippen molar-refractivity contribution >= 4 is 70.1 Å². The number of nitrogens with zero attached hydrogens (tertiary/aromatic N) is 4. The smallest absolute Gasteiger partial charge is 0.191 e. The molecule has 0 spiro atoms. The summed E-state index contributed by atoms with van der Waals surface area (Å²) in [6, 6.07) is 18.6. The van der Waals surface area contributed by atoms with Crippen LogP contribution in [0.15, 0.2) is 70.8 Å². The Balaban J connectivity index is 1.47. The zero-order valence-corrected chi connectivity index (χ0v) is 20.6. The van der Waals surface area contributed by atoms with Gasteiger partial charge >= 0.3 is 0 Å². The second-order valence-electron chi connectivity index (χ2n) is 6.83. The molecule has 0 radical (unpaired) electrons. The minimum absolute atomic E-state index is 0.557. The van der Waals surface area contributed by atoms with Crippen LogP contribution < -0.4 is 0 Å². The number of halogens is 4. The van der Waals surface area contributed by atoms with Crippen LogP contribution in [0.25, 0.3) is 11.4 Å². The molecule has 0 aliphatic rings. The van der Waals surface area contributed by atoms with Crippen LogP contribution in [0.4, 0.5) is 5.69 Å². The Morgan fingerprint density at radius 2 is 1.62 bits per heavy atom. The van der Waals surface area contributed by atoms with Gasteiger partial charge in [0, 0.05) is 40.2 Å². The summed E-state index contributed by atoms with van der Waals surface area (Å²) in [4.78, 5) is 4.48. The average Bonchev–Trinajstić information content (AvgIpc) is 3.13. The zero-order valence-electron chi connectivity index (χ0n) is 16.8. The Hall–Kier alpha value is -2.02. The molecule has 0 bridgehead atoms. The molecule has 0 aliphatic carbocycles. The molecule has 1 aromatic heterocycles. The second kappa shape index (κ2) is 10.3. The van der Waals surface area contributed by atoms with Gasteiger partial charge in [0.25, 0.3) is 0 Å². The third kappa shape index (κ3) is 5.30. The fourth-order valence-corrected chi connectivity index (χ4v) is 4.91. The molecule has 0 N–H and O–H groups in total. The minimum Gasteiger partial charge on any atom is -0.305 e. The number of thioether (sulfide) groups is 1. The zero-order chi connectivity index (χ0) is 22.7. The summed E-state index contributed by atoms with van der Waals surface area (Å²) >= 11 is 26.2. The molecule has 0 fully saturated rings. The summed E-state index contributed by atoms with van der Waals surface area (Å²) in [5, 5.41) is 11.8. The van der Waals surface area contributed by atoms with Gasteiger partial charge in [0.2, 0.25) is 0 Å². The first-order chi connectivity index (χ1) is 15.4. The van der Waals surface area contributed by atoms with Crippen LogP contribution in [0.5, 0.6) is 0 Å². The maximum Gasteiger partial charge on any atom is 0.191 e. The Bertz CT molecular complexity index is 1270. The molecular formula is C23H16Cl4N4S. The lowest BCUT2D eigenvalue weighted by molar-refractivity contribution is 0.794. The van der Waals surface area contributed by atoms with Crippen LogP contribution in [-0.2, 0) is 12.8 Å². The Morgan fingerprint density at radius 1 is 0.906 bits per heavy atom. The van der Waals surface area contributed by atoms with E-state index in [1.165, 1.54) is 0 Å².